The fourth-order valence-electron chi connectivity index (χ4n) is 1.75. The van der Waals surface area contributed by atoms with E-state index in [0.29, 0.717) is 15.7 Å². The van der Waals surface area contributed by atoms with Crippen molar-refractivity contribution in [1.82, 2.24) is 10.9 Å². The van der Waals surface area contributed by atoms with E-state index in [2.05, 4.69) is 16.2 Å². The molecule has 1 aliphatic heterocycles. The lowest BCUT2D eigenvalue weighted by Crippen LogP contribution is -2.28. The van der Waals surface area contributed by atoms with E-state index in [-0.39, 0.29) is 18.7 Å². The van der Waals surface area contributed by atoms with Crippen molar-refractivity contribution in [3.05, 3.63) is 28.2 Å². The predicted molar refractivity (Wildman–Crippen MR) is 74.1 cm³/mol. The van der Waals surface area contributed by atoms with Gasteiger partial charge >= 0.3 is 0 Å². The maximum Gasteiger partial charge on any atom is 0.251 e. The molecular weight excluding hydrogens is 305 g/mol. The molecule has 3 N–H and O–H groups in total. The lowest BCUT2D eigenvalue weighted by Gasteiger charge is -2.07. The van der Waals surface area contributed by atoms with E-state index in [4.69, 9.17) is 23.2 Å². The third-order valence-electron chi connectivity index (χ3n) is 2.81. The van der Waals surface area contributed by atoms with Gasteiger partial charge in [0.15, 0.2) is 0 Å². The summed E-state index contributed by atoms with van der Waals surface area (Å²) < 4.78 is 0. The molecule has 0 aliphatic carbocycles. The van der Waals surface area contributed by atoms with Crippen LogP contribution in [0.25, 0.3) is 0 Å². The van der Waals surface area contributed by atoms with Crippen molar-refractivity contribution in [1.29, 1.82) is 0 Å². The zero-order chi connectivity index (χ0) is 14.7. The monoisotopic (exact) mass is 315 g/mol. The molecule has 0 unspecified atom stereocenters. The molecule has 1 saturated heterocycles. The van der Waals surface area contributed by atoms with Crippen molar-refractivity contribution in [2.24, 2.45) is 5.92 Å². The summed E-state index contributed by atoms with van der Waals surface area (Å²) in [4.78, 5) is 34.3. The Hall–Kier alpha value is -1.79. The van der Waals surface area contributed by atoms with Crippen LogP contribution >= 0.6 is 23.2 Å². The maximum absolute atomic E-state index is 11.7. The Morgan fingerprint density at radius 2 is 1.80 bits per heavy atom. The number of carbonyl (C=O) groups excluding carboxylic acids is 3. The van der Waals surface area contributed by atoms with E-state index < -0.39 is 17.7 Å². The average molecular weight is 316 g/mol. The van der Waals surface area contributed by atoms with Crippen molar-refractivity contribution < 1.29 is 14.4 Å². The molecule has 0 bridgehead atoms. The zero-order valence-corrected chi connectivity index (χ0v) is 11.7. The van der Waals surface area contributed by atoms with Crippen LogP contribution in [0.1, 0.15) is 12.8 Å². The summed E-state index contributed by atoms with van der Waals surface area (Å²) in [6.45, 7) is 0. The lowest BCUT2D eigenvalue weighted by molar-refractivity contribution is -0.128. The van der Waals surface area contributed by atoms with Crippen LogP contribution in [0, 0.1) is 5.92 Å². The molecule has 1 aromatic carbocycles. The Balaban J connectivity index is 1.88. The van der Waals surface area contributed by atoms with E-state index in [1.807, 2.05) is 0 Å². The van der Waals surface area contributed by atoms with Crippen LogP contribution in [0.5, 0.6) is 0 Å². The van der Waals surface area contributed by atoms with Gasteiger partial charge in [0, 0.05) is 12.1 Å². The van der Waals surface area contributed by atoms with Gasteiger partial charge in [-0.05, 0) is 24.6 Å². The van der Waals surface area contributed by atoms with Gasteiger partial charge in [0.25, 0.3) is 11.8 Å². The number of halogens is 2. The molecule has 6 nitrogen and oxygen atoms in total. The number of benzene rings is 1. The molecule has 3 amide bonds. The van der Waals surface area contributed by atoms with Crippen LogP contribution in [0.3, 0.4) is 0 Å². The quantitative estimate of drug-likeness (QED) is 0.736. The van der Waals surface area contributed by atoms with E-state index in [1.54, 1.807) is 12.1 Å². The predicted octanol–water partition coefficient (Wildman–Crippen LogP) is 1.49. The number of rotatable bonds is 4. The van der Waals surface area contributed by atoms with Gasteiger partial charge in [-0.15, -0.1) is 0 Å². The van der Waals surface area contributed by atoms with E-state index in [0.717, 1.165) is 0 Å². The first kappa shape index (κ1) is 14.6. The fraction of sp³-hybridized carbons (Fsp3) is 0.250. The Labute approximate surface area is 124 Å². The van der Waals surface area contributed by atoms with E-state index >= 15 is 0 Å². The molecule has 1 heterocycles. The molecule has 8 heteroatoms. The first-order valence-electron chi connectivity index (χ1n) is 5.82. The summed E-state index contributed by atoms with van der Waals surface area (Å²) in [6, 6.07) is 4.70. The second-order valence-corrected chi connectivity index (χ2v) is 5.06. The highest BCUT2D eigenvalue weighted by atomic mass is 35.5. The smallest absolute Gasteiger partial charge is 0.251 e. The second-order valence-electron chi connectivity index (χ2n) is 4.25. The first-order valence-corrected chi connectivity index (χ1v) is 6.57. The minimum atomic E-state index is -0.824. The van der Waals surface area contributed by atoms with E-state index in [1.165, 1.54) is 6.07 Å². The number of hydrogen-bond acceptors (Lipinski definition) is 3. The second kappa shape index (κ2) is 6.11. The van der Waals surface area contributed by atoms with Crippen LogP contribution < -0.4 is 16.2 Å². The van der Waals surface area contributed by atoms with Gasteiger partial charge < -0.3 is 5.32 Å². The Morgan fingerprint density at radius 1 is 1.15 bits per heavy atom. The molecule has 0 saturated carbocycles. The largest absolute Gasteiger partial charge is 0.326 e. The molecule has 2 rings (SSSR count). The van der Waals surface area contributed by atoms with Gasteiger partial charge in [0.2, 0.25) is 5.91 Å². The summed E-state index contributed by atoms with van der Waals surface area (Å²) in [7, 11) is 0. The van der Waals surface area contributed by atoms with Crippen LogP contribution in [-0.2, 0) is 14.4 Å². The highest BCUT2D eigenvalue weighted by Gasteiger charge is 2.32. The third kappa shape index (κ3) is 3.40. The molecule has 20 heavy (non-hydrogen) atoms. The summed E-state index contributed by atoms with van der Waals surface area (Å²) in [5.41, 5.74) is 4.91. The van der Waals surface area contributed by atoms with Crippen molar-refractivity contribution in [3.8, 4) is 0 Å². The summed E-state index contributed by atoms with van der Waals surface area (Å²) in [5.74, 6) is -1.97. The maximum atomic E-state index is 11.7. The molecule has 0 aromatic heterocycles. The van der Waals surface area contributed by atoms with E-state index in [9.17, 15) is 14.4 Å². The van der Waals surface area contributed by atoms with Crippen LogP contribution in [0.15, 0.2) is 18.2 Å². The molecule has 1 aromatic rings. The molecule has 1 aliphatic rings. The SMILES string of the molecule is O=C(CCC1C(=O)NNC1=O)Nc1ccc(Cl)c(Cl)c1. The van der Waals surface area contributed by atoms with Gasteiger partial charge in [-0.1, -0.05) is 23.2 Å². The van der Waals surface area contributed by atoms with Gasteiger partial charge in [-0.2, -0.15) is 0 Å². The van der Waals surface area contributed by atoms with Crippen LogP contribution in [-0.4, -0.2) is 17.7 Å². The van der Waals surface area contributed by atoms with Crippen molar-refractivity contribution in [2.45, 2.75) is 12.8 Å². The minimum Gasteiger partial charge on any atom is -0.326 e. The van der Waals surface area contributed by atoms with Crippen molar-refractivity contribution in [3.63, 3.8) is 0 Å². The van der Waals surface area contributed by atoms with Gasteiger partial charge in [0.05, 0.1) is 10.0 Å². The van der Waals surface area contributed by atoms with Crippen molar-refractivity contribution >= 4 is 46.6 Å². The summed E-state index contributed by atoms with van der Waals surface area (Å²) in [6.07, 6.45) is 0.191. The number of carbonyl (C=O) groups is 3. The normalized spacial score (nSPS) is 14.9. The third-order valence-corrected chi connectivity index (χ3v) is 3.54. The number of nitrogens with one attached hydrogen (secondary N) is 3. The van der Waals surface area contributed by atoms with Crippen LogP contribution in [0.2, 0.25) is 10.0 Å². The van der Waals surface area contributed by atoms with Crippen LogP contribution in [0.4, 0.5) is 5.69 Å². The number of hydrazine groups is 1. The minimum absolute atomic E-state index is 0.0474. The topological polar surface area (TPSA) is 87.3 Å². The highest BCUT2D eigenvalue weighted by molar-refractivity contribution is 6.42. The summed E-state index contributed by atoms with van der Waals surface area (Å²) in [5, 5.41) is 3.34. The zero-order valence-electron chi connectivity index (χ0n) is 10.2. The summed E-state index contributed by atoms with van der Waals surface area (Å²) >= 11 is 11.6. The standard InChI is InChI=1S/C12H11Cl2N3O3/c13-8-3-1-6(5-9(8)14)15-10(18)4-2-7-11(19)16-17-12(7)20/h1,3,5,7H,2,4H2,(H,15,18)(H,16,19)(H,17,20). The Morgan fingerprint density at radius 3 is 2.40 bits per heavy atom. The Bertz CT molecular complexity index is 561. The number of hydrogen-bond donors (Lipinski definition) is 3. The molecule has 1 fully saturated rings. The molecule has 0 spiro atoms. The highest BCUT2D eigenvalue weighted by Crippen LogP contribution is 2.25. The lowest BCUT2D eigenvalue weighted by atomic mass is 10.0. The molecular formula is C12H11Cl2N3O3. The number of amides is 3. The number of anilines is 1. The fourth-order valence-corrected chi connectivity index (χ4v) is 2.05. The van der Waals surface area contributed by atoms with Gasteiger partial charge in [0.1, 0.15) is 5.92 Å². The molecule has 0 atom stereocenters. The van der Waals surface area contributed by atoms with Gasteiger partial charge in [-0.25, -0.2) is 0 Å². The molecule has 106 valence electrons. The average Bonchev–Trinajstić information content (AvgIpc) is 2.71. The Kier molecular flexibility index (Phi) is 4.46. The first-order chi connectivity index (χ1) is 9.47. The van der Waals surface area contributed by atoms with Crippen molar-refractivity contribution in [2.75, 3.05) is 5.32 Å². The van der Waals surface area contributed by atoms with Gasteiger partial charge in [-0.3, -0.25) is 25.2 Å². The molecule has 0 radical (unpaired) electrons.